The van der Waals surface area contributed by atoms with Crippen molar-refractivity contribution in [2.24, 2.45) is 5.73 Å². The zero-order chi connectivity index (χ0) is 35.5. The van der Waals surface area contributed by atoms with Crippen molar-refractivity contribution in [2.45, 2.75) is 59.4 Å². The Balaban J connectivity index is 1.15. The molecule has 11 nitrogen and oxygen atoms in total. The number of anilines is 1. The molecule has 0 saturated carbocycles. The van der Waals surface area contributed by atoms with Crippen LogP contribution in [0.3, 0.4) is 0 Å². The average Bonchev–Trinajstić information content (AvgIpc) is 3.54. The first-order valence-electron chi connectivity index (χ1n) is 17.0. The number of para-hydroxylation sites is 1. The summed E-state index contributed by atoms with van der Waals surface area (Å²) in [4.78, 5) is 64.1. The van der Waals surface area contributed by atoms with Crippen molar-refractivity contribution in [2.75, 3.05) is 25.0 Å². The summed E-state index contributed by atoms with van der Waals surface area (Å²) in [6.07, 6.45) is 2.01. The number of aromatic nitrogens is 3. The van der Waals surface area contributed by atoms with Crippen molar-refractivity contribution >= 4 is 34.4 Å². The van der Waals surface area contributed by atoms with E-state index in [4.69, 9.17) is 10.7 Å². The second-order valence-electron chi connectivity index (χ2n) is 13.1. The molecule has 3 aromatic carbocycles. The number of nitrogens with zero attached hydrogens (tertiary/aromatic N) is 2. The third-order valence-electron chi connectivity index (χ3n) is 9.54. The highest BCUT2D eigenvalue weighted by Crippen LogP contribution is 2.31. The Morgan fingerprint density at radius 3 is 2.48 bits per heavy atom. The first-order valence-corrected chi connectivity index (χ1v) is 17.0. The molecule has 6 rings (SSSR count). The lowest BCUT2D eigenvalue weighted by molar-refractivity contribution is -0.131. The predicted molar refractivity (Wildman–Crippen MR) is 195 cm³/mol. The van der Waals surface area contributed by atoms with Crippen LogP contribution in [0.25, 0.3) is 22.2 Å². The molecule has 1 aliphatic heterocycles. The number of piperidine rings is 1. The number of amides is 3. The van der Waals surface area contributed by atoms with Crippen LogP contribution in [0.2, 0.25) is 0 Å². The van der Waals surface area contributed by atoms with Crippen molar-refractivity contribution in [3.63, 3.8) is 0 Å². The highest BCUT2D eigenvalue weighted by Gasteiger charge is 2.27. The minimum atomic E-state index is -0.519. The number of H-pyrrole nitrogens is 2. The van der Waals surface area contributed by atoms with E-state index < -0.39 is 5.91 Å². The van der Waals surface area contributed by atoms with Gasteiger partial charge in [-0.15, -0.1) is 0 Å². The van der Waals surface area contributed by atoms with Gasteiger partial charge in [0.1, 0.15) is 11.3 Å². The van der Waals surface area contributed by atoms with Crippen LogP contribution in [-0.2, 0) is 17.8 Å². The standard InChI is InChI=1S/C39H43N7O4/c1-5-41-33-19-28(18-30(24(33)4)38(49)42-20-31-22(2)16-23(3)43-39(31)50)26-13-11-25(12-14-26)17-34(47)46-15-7-8-27(21-46)37-44-32-10-6-9-29(36(40)48)35(32)45-37/h6,9-14,16,18-19,27,41H,5,7-8,15,17,20-21H2,1-4H3,(H2,40,48)(H,42,49)(H,43,50)(H,44,45)/t27-/m0/s1. The molecule has 1 atom stereocenters. The molecular weight excluding hydrogens is 630 g/mol. The number of carbonyl (C=O) groups is 3. The molecule has 1 aliphatic rings. The number of benzene rings is 3. The maximum Gasteiger partial charge on any atom is 0.253 e. The Morgan fingerprint density at radius 1 is 0.980 bits per heavy atom. The number of nitrogens with one attached hydrogen (secondary N) is 4. The highest BCUT2D eigenvalue weighted by molar-refractivity contribution is 6.04. The lowest BCUT2D eigenvalue weighted by Gasteiger charge is -2.32. The van der Waals surface area contributed by atoms with Crippen LogP contribution in [0, 0.1) is 20.8 Å². The van der Waals surface area contributed by atoms with Gasteiger partial charge in [-0.1, -0.05) is 30.3 Å². The van der Waals surface area contributed by atoms with E-state index in [1.807, 2.05) is 81.1 Å². The summed E-state index contributed by atoms with van der Waals surface area (Å²) in [7, 11) is 0. The number of rotatable bonds is 10. The van der Waals surface area contributed by atoms with Crippen molar-refractivity contribution in [3.05, 3.63) is 116 Å². The molecule has 2 aromatic heterocycles. The molecule has 50 heavy (non-hydrogen) atoms. The van der Waals surface area contributed by atoms with E-state index in [1.165, 1.54) is 0 Å². The van der Waals surface area contributed by atoms with E-state index in [9.17, 15) is 19.2 Å². The van der Waals surface area contributed by atoms with Gasteiger partial charge in [-0.05, 0) is 98.7 Å². The maximum absolute atomic E-state index is 13.5. The molecule has 1 saturated heterocycles. The molecule has 0 spiro atoms. The van der Waals surface area contributed by atoms with Crippen molar-refractivity contribution in [3.8, 4) is 11.1 Å². The molecule has 0 aliphatic carbocycles. The van der Waals surface area contributed by atoms with E-state index in [2.05, 4.69) is 20.6 Å². The predicted octanol–water partition coefficient (Wildman–Crippen LogP) is 5.25. The number of carbonyl (C=O) groups excluding carboxylic acids is 3. The third kappa shape index (κ3) is 7.17. The smallest absolute Gasteiger partial charge is 0.253 e. The summed E-state index contributed by atoms with van der Waals surface area (Å²) >= 11 is 0. The van der Waals surface area contributed by atoms with Crippen LogP contribution in [0.15, 0.2) is 65.5 Å². The molecule has 0 radical (unpaired) electrons. The Labute approximate surface area is 290 Å². The number of nitrogens with two attached hydrogens (primary N) is 1. The van der Waals surface area contributed by atoms with Gasteiger partial charge in [0.15, 0.2) is 0 Å². The van der Waals surface area contributed by atoms with Gasteiger partial charge in [0.25, 0.3) is 17.4 Å². The van der Waals surface area contributed by atoms with E-state index in [0.29, 0.717) is 41.8 Å². The molecule has 0 unspecified atom stereocenters. The second-order valence-corrected chi connectivity index (χ2v) is 13.1. The molecule has 6 N–H and O–H groups in total. The number of likely N-dealkylation sites (tertiary alicyclic amines) is 1. The number of aromatic amines is 2. The van der Waals surface area contributed by atoms with Crippen LogP contribution < -0.4 is 21.9 Å². The van der Waals surface area contributed by atoms with Crippen LogP contribution in [-0.4, -0.2) is 57.2 Å². The van der Waals surface area contributed by atoms with Crippen LogP contribution in [0.5, 0.6) is 0 Å². The van der Waals surface area contributed by atoms with Gasteiger partial charge in [0.2, 0.25) is 5.91 Å². The van der Waals surface area contributed by atoms with Gasteiger partial charge < -0.3 is 31.2 Å². The molecule has 3 amide bonds. The van der Waals surface area contributed by atoms with Crippen LogP contribution in [0.1, 0.15) is 80.2 Å². The molecule has 258 valence electrons. The van der Waals surface area contributed by atoms with E-state index >= 15 is 0 Å². The minimum Gasteiger partial charge on any atom is -0.385 e. The Bertz CT molecular complexity index is 2150. The average molecular weight is 674 g/mol. The normalized spacial score (nSPS) is 14.5. The maximum atomic E-state index is 13.5. The number of pyridine rings is 1. The number of fused-ring (bicyclic) bond motifs is 1. The van der Waals surface area contributed by atoms with E-state index in [0.717, 1.165) is 63.4 Å². The van der Waals surface area contributed by atoms with Crippen molar-refractivity contribution in [1.82, 2.24) is 25.2 Å². The number of imidazole rings is 1. The largest absolute Gasteiger partial charge is 0.385 e. The first kappa shape index (κ1) is 34.2. The zero-order valence-corrected chi connectivity index (χ0v) is 28.9. The Hall–Kier alpha value is -5.71. The summed E-state index contributed by atoms with van der Waals surface area (Å²) in [5.74, 6) is 0.0548. The van der Waals surface area contributed by atoms with Gasteiger partial charge in [-0.2, -0.15) is 0 Å². The van der Waals surface area contributed by atoms with E-state index in [1.54, 1.807) is 12.1 Å². The summed E-state index contributed by atoms with van der Waals surface area (Å²) in [5, 5.41) is 6.31. The molecular formula is C39H43N7O4. The molecule has 1 fully saturated rings. The number of hydrogen-bond donors (Lipinski definition) is 5. The van der Waals surface area contributed by atoms with Crippen molar-refractivity contribution in [1.29, 1.82) is 0 Å². The van der Waals surface area contributed by atoms with Gasteiger partial charge in [-0.3, -0.25) is 19.2 Å². The lowest BCUT2D eigenvalue weighted by Crippen LogP contribution is -2.40. The quantitative estimate of drug-likeness (QED) is 0.136. The molecule has 0 bridgehead atoms. The number of aryl methyl sites for hydroxylation is 2. The second kappa shape index (κ2) is 14.4. The third-order valence-corrected chi connectivity index (χ3v) is 9.54. The van der Waals surface area contributed by atoms with Crippen LogP contribution >= 0.6 is 0 Å². The topological polar surface area (TPSA) is 166 Å². The fraction of sp³-hybridized carbons (Fsp3) is 0.308. The molecule has 11 heteroatoms. The monoisotopic (exact) mass is 673 g/mol. The summed E-state index contributed by atoms with van der Waals surface area (Å²) in [5.41, 5.74) is 14.1. The minimum absolute atomic E-state index is 0.0312. The summed E-state index contributed by atoms with van der Waals surface area (Å²) in [6, 6.07) is 19.0. The molecule has 3 heterocycles. The van der Waals surface area contributed by atoms with Gasteiger partial charge >= 0.3 is 0 Å². The van der Waals surface area contributed by atoms with Gasteiger partial charge in [-0.25, -0.2) is 4.98 Å². The van der Waals surface area contributed by atoms with Crippen LogP contribution in [0.4, 0.5) is 5.69 Å². The lowest BCUT2D eigenvalue weighted by atomic mass is 9.95. The first-order chi connectivity index (χ1) is 24.0. The van der Waals surface area contributed by atoms with Gasteiger partial charge in [0, 0.05) is 54.6 Å². The summed E-state index contributed by atoms with van der Waals surface area (Å²) < 4.78 is 0. The Kier molecular flexibility index (Phi) is 9.85. The fourth-order valence-corrected chi connectivity index (χ4v) is 6.83. The SMILES string of the molecule is CCNc1cc(-c2ccc(CC(=O)N3CCC[C@H](c4nc5c(C(N)=O)cccc5[nH]4)C3)cc2)cc(C(=O)NCc2c(C)cc(C)[nH]c2=O)c1C. The van der Waals surface area contributed by atoms with E-state index in [-0.39, 0.29) is 36.3 Å². The van der Waals surface area contributed by atoms with Crippen molar-refractivity contribution < 1.29 is 14.4 Å². The molecule has 5 aromatic rings. The Morgan fingerprint density at radius 2 is 1.76 bits per heavy atom. The van der Waals surface area contributed by atoms with Gasteiger partial charge in [0.05, 0.1) is 17.5 Å². The number of primary amides is 1. The highest BCUT2D eigenvalue weighted by atomic mass is 16.2. The number of hydrogen-bond acceptors (Lipinski definition) is 6. The summed E-state index contributed by atoms with van der Waals surface area (Å²) in [6.45, 7) is 9.64. The zero-order valence-electron chi connectivity index (χ0n) is 28.9. The fourth-order valence-electron chi connectivity index (χ4n) is 6.83.